The summed E-state index contributed by atoms with van der Waals surface area (Å²) in [5.74, 6) is 0.901. The van der Waals surface area contributed by atoms with Crippen LogP contribution in [0.4, 0.5) is 5.13 Å². The molecule has 2 aliphatic rings. The molecule has 2 fully saturated rings. The third-order valence-electron chi connectivity index (χ3n) is 4.01. The van der Waals surface area contributed by atoms with Crippen molar-refractivity contribution in [3.63, 3.8) is 0 Å². The van der Waals surface area contributed by atoms with Crippen molar-refractivity contribution in [3.05, 3.63) is 10.6 Å². The first-order valence-electron chi connectivity index (χ1n) is 7.63. The maximum atomic E-state index is 11.5. The lowest BCUT2D eigenvalue weighted by Gasteiger charge is -2.26. The highest BCUT2D eigenvalue weighted by Gasteiger charge is 2.26. The topological polar surface area (TPSA) is 62.3 Å². The largest absolute Gasteiger partial charge is 0.346 e. The van der Waals surface area contributed by atoms with Gasteiger partial charge in [-0.1, -0.05) is 13.8 Å². The fraction of sp³-hybridized carbons (Fsp3) is 0.786. The number of hydrogen-bond donors (Lipinski definition) is 1. The van der Waals surface area contributed by atoms with Gasteiger partial charge in [0, 0.05) is 30.6 Å². The van der Waals surface area contributed by atoms with Crippen LogP contribution in [0.1, 0.15) is 43.2 Å². The lowest BCUT2D eigenvalue weighted by Crippen LogP contribution is -2.40. The Morgan fingerprint density at radius 1 is 1.33 bits per heavy atom. The number of anilines is 1. The van der Waals surface area contributed by atoms with Crippen LogP contribution in [0.5, 0.6) is 0 Å². The molecular weight excluding hydrogens is 306 g/mol. The summed E-state index contributed by atoms with van der Waals surface area (Å²) < 4.78 is 23.1. The monoisotopic (exact) mass is 329 g/mol. The van der Waals surface area contributed by atoms with E-state index in [0.29, 0.717) is 25.0 Å². The van der Waals surface area contributed by atoms with E-state index in [4.69, 9.17) is 4.98 Å². The highest BCUT2D eigenvalue weighted by Crippen LogP contribution is 2.32. The van der Waals surface area contributed by atoms with Crippen LogP contribution in [0.25, 0.3) is 0 Å². The lowest BCUT2D eigenvalue weighted by molar-refractivity contribution is 0.586. The van der Waals surface area contributed by atoms with E-state index in [1.54, 1.807) is 11.3 Å². The Morgan fingerprint density at radius 2 is 2.00 bits per heavy atom. The second-order valence-electron chi connectivity index (χ2n) is 6.25. The summed E-state index contributed by atoms with van der Waals surface area (Å²) in [6, 6.07) is 0.690. The lowest BCUT2D eigenvalue weighted by atomic mass is 10.1. The summed E-state index contributed by atoms with van der Waals surface area (Å²) in [6.45, 7) is 6.37. The number of rotatable bonds is 5. The van der Waals surface area contributed by atoms with Gasteiger partial charge in [0.2, 0.25) is 0 Å². The smallest absolute Gasteiger partial charge is 0.185 e. The summed E-state index contributed by atoms with van der Waals surface area (Å²) >= 11 is 1.72. The quantitative estimate of drug-likeness (QED) is 0.892. The third-order valence-corrected chi connectivity index (χ3v) is 6.75. The van der Waals surface area contributed by atoms with Crippen molar-refractivity contribution in [2.75, 3.05) is 29.5 Å². The molecule has 2 heterocycles. The van der Waals surface area contributed by atoms with Gasteiger partial charge in [0.15, 0.2) is 15.0 Å². The molecule has 0 amide bonds. The van der Waals surface area contributed by atoms with E-state index < -0.39 is 9.84 Å². The molecular formula is C14H23N3O2S2. The van der Waals surface area contributed by atoms with Crippen molar-refractivity contribution >= 4 is 26.3 Å². The maximum Gasteiger partial charge on any atom is 0.185 e. The molecule has 0 spiro atoms. The van der Waals surface area contributed by atoms with Crippen LogP contribution in [0.2, 0.25) is 0 Å². The van der Waals surface area contributed by atoms with Gasteiger partial charge in [0.1, 0.15) is 0 Å². The predicted molar refractivity (Wildman–Crippen MR) is 86.9 cm³/mol. The van der Waals surface area contributed by atoms with Gasteiger partial charge < -0.3 is 10.2 Å². The van der Waals surface area contributed by atoms with E-state index >= 15 is 0 Å². The second kappa shape index (κ2) is 5.85. The Bertz CT molecular complexity index is 592. The van der Waals surface area contributed by atoms with Crippen LogP contribution in [0.15, 0.2) is 0 Å². The molecule has 1 N–H and O–H groups in total. The van der Waals surface area contributed by atoms with Crippen LogP contribution in [-0.4, -0.2) is 44.0 Å². The molecule has 118 valence electrons. The maximum absolute atomic E-state index is 11.5. The number of aromatic nitrogens is 1. The Kier molecular flexibility index (Phi) is 4.25. The van der Waals surface area contributed by atoms with E-state index in [9.17, 15) is 8.42 Å². The Labute approximate surface area is 130 Å². The third kappa shape index (κ3) is 3.76. The van der Waals surface area contributed by atoms with Gasteiger partial charge in [-0.2, -0.15) is 0 Å². The molecule has 5 nitrogen and oxygen atoms in total. The number of hydrogen-bond acceptors (Lipinski definition) is 6. The van der Waals surface area contributed by atoms with Crippen molar-refractivity contribution in [2.24, 2.45) is 0 Å². The van der Waals surface area contributed by atoms with E-state index in [0.717, 1.165) is 17.4 Å². The minimum atomic E-state index is -2.83. The normalized spacial score (nSPS) is 22.0. The molecule has 0 atom stereocenters. The summed E-state index contributed by atoms with van der Waals surface area (Å²) in [5.41, 5.74) is 1.16. The molecule has 0 radical (unpaired) electrons. The summed E-state index contributed by atoms with van der Waals surface area (Å²) in [5, 5.41) is 4.54. The molecule has 1 saturated carbocycles. The van der Waals surface area contributed by atoms with Crippen LogP contribution in [0.3, 0.4) is 0 Å². The minimum absolute atomic E-state index is 0.249. The molecule has 1 aliphatic heterocycles. The molecule has 3 rings (SSSR count). The van der Waals surface area contributed by atoms with Crippen molar-refractivity contribution in [3.8, 4) is 0 Å². The molecule has 1 aromatic rings. The number of nitrogens with zero attached hydrogens (tertiary/aromatic N) is 2. The molecule has 1 aromatic heterocycles. The summed E-state index contributed by atoms with van der Waals surface area (Å²) in [4.78, 5) is 8.22. The van der Waals surface area contributed by atoms with Crippen LogP contribution < -0.4 is 10.2 Å². The van der Waals surface area contributed by atoms with Gasteiger partial charge >= 0.3 is 0 Å². The number of sulfone groups is 1. The number of nitrogens with one attached hydrogen (secondary N) is 1. The second-order valence-corrected chi connectivity index (χ2v) is 9.62. The first-order chi connectivity index (χ1) is 9.94. The molecule has 0 bridgehead atoms. The molecule has 21 heavy (non-hydrogen) atoms. The van der Waals surface area contributed by atoms with E-state index in [1.807, 2.05) is 0 Å². The first-order valence-corrected chi connectivity index (χ1v) is 10.3. The molecule has 1 saturated heterocycles. The average Bonchev–Trinajstić information content (AvgIpc) is 3.15. The van der Waals surface area contributed by atoms with Crippen molar-refractivity contribution in [1.82, 2.24) is 10.3 Å². The van der Waals surface area contributed by atoms with Crippen molar-refractivity contribution in [2.45, 2.75) is 45.2 Å². The molecule has 0 unspecified atom stereocenters. The molecule has 7 heteroatoms. The van der Waals surface area contributed by atoms with Crippen LogP contribution >= 0.6 is 11.3 Å². The fourth-order valence-corrected chi connectivity index (χ4v) is 4.91. The van der Waals surface area contributed by atoms with Crippen molar-refractivity contribution < 1.29 is 8.42 Å². The Hall–Kier alpha value is -0.660. The Balaban J connectivity index is 1.74. The van der Waals surface area contributed by atoms with E-state index in [1.165, 1.54) is 17.7 Å². The van der Waals surface area contributed by atoms with Crippen molar-refractivity contribution in [1.29, 1.82) is 0 Å². The summed E-state index contributed by atoms with van der Waals surface area (Å²) in [6.07, 6.45) is 2.57. The highest BCUT2D eigenvalue weighted by atomic mass is 32.2. The standard InChI is InChI=1S/C14H23N3O2S2/c1-10(2)13-12(9-15-11-3-4-11)20-14(16-13)17-5-7-21(18,19)8-6-17/h10-11,15H,3-9H2,1-2H3. The van der Waals surface area contributed by atoms with Gasteiger partial charge in [-0.3, -0.25) is 0 Å². The van der Waals surface area contributed by atoms with E-state index in [2.05, 4.69) is 24.1 Å². The van der Waals surface area contributed by atoms with Gasteiger partial charge in [-0.05, 0) is 18.8 Å². The first kappa shape index (κ1) is 15.2. The zero-order valence-electron chi connectivity index (χ0n) is 12.6. The van der Waals surface area contributed by atoms with Gasteiger partial charge in [-0.15, -0.1) is 11.3 Å². The molecule has 0 aromatic carbocycles. The zero-order chi connectivity index (χ0) is 15.0. The predicted octanol–water partition coefficient (Wildman–Crippen LogP) is 1.75. The van der Waals surface area contributed by atoms with Gasteiger partial charge in [0.25, 0.3) is 0 Å². The van der Waals surface area contributed by atoms with E-state index in [-0.39, 0.29) is 11.5 Å². The molecule has 1 aliphatic carbocycles. The minimum Gasteiger partial charge on any atom is -0.346 e. The summed E-state index contributed by atoms with van der Waals surface area (Å²) in [7, 11) is -2.83. The SMILES string of the molecule is CC(C)c1nc(N2CCS(=O)(=O)CC2)sc1CNC1CC1. The average molecular weight is 329 g/mol. The Morgan fingerprint density at radius 3 is 2.57 bits per heavy atom. The van der Waals surface area contributed by atoms with Gasteiger partial charge in [0.05, 0.1) is 17.2 Å². The fourth-order valence-electron chi connectivity index (χ4n) is 2.49. The van der Waals surface area contributed by atoms with Crippen LogP contribution in [-0.2, 0) is 16.4 Å². The van der Waals surface area contributed by atoms with Gasteiger partial charge in [-0.25, -0.2) is 13.4 Å². The van der Waals surface area contributed by atoms with Crippen LogP contribution in [0, 0.1) is 0 Å². The zero-order valence-corrected chi connectivity index (χ0v) is 14.3. The highest BCUT2D eigenvalue weighted by molar-refractivity contribution is 7.91. The number of thiazole rings is 1.